The molecular formula is C12H26N2S. The third-order valence-electron chi connectivity index (χ3n) is 3.49. The smallest absolute Gasteiger partial charge is 0.0108 e. The van der Waals surface area contributed by atoms with Crippen molar-refractivity contribution in [3.8, 4) is 0 Å². The maximum absolute atomic E-state index is 6.06. The van der Waals surface area contributed by atoms with Crippen molar-refractivity contribution in [3.05, 3.63) is 0 Å². The van der Waals surface area contributed by atoms with E-state index in [1.54, 1.807) is 0 Å². The fourth-order valence-electron chi connectivity index (χ4n) is 1.99. The molecule has 1 fully saturated rings. The van der Waals surface area contributed by atoms with E-state index in [2.05, 4.69) is 37.6 Å². The van der Waals surface area contributed by atoms with Gasteiger partial charge in [0, 0.05) is 12.1 Å². The fraction of sp³-hybridized carbons (Fsp3) is 1.00. The monoisotopic (exact) mass is 230 g/mol. The molecular weight excluding hydrogens is 204 g/mol. The molecule has 15 heavy (non-hydrogen) atoms. The van der Waals surface area contributed by atoms with E-state index in [0.29, 0.717) is 12.0 Å². The van der Waals surface area contributed by atoms with E-state index in [0.717, 1.165) is 19.0 Å². The summed E-state index contributed by atoms with van der Waals surface area (Å²) in [5, 5.41) is 0. The van der Waals surface area contributed by atoms with Crippen molar-refractivity contribution >= 4 is 11.8 Å². The van der Waals surface area contributed by atoms with Gasteiger partial charge in [0.1, 0.15) is 0 Å². The standard InChI is InChI=1S/C12H26N2S/c1-10(2)12(13)4-7-14(3)11-5-8-15-9-6-11/h10-12H,4-9,13H2,1-3H3. The average molecular weight is 230 g/mol. The highest BCUT2D eigenvalue weighted by Crippen LogP contribution is 2.21. The lowest BCUT2D eigenvalue weighted by Crippen LogP contribution is -2.38. The van der Waals surface area contributed by atoms with Crippen LogP contribution in [0.5, 0.6) is 0 Å². The molecule has 0 aliphatic carbocycles. The molecule has 1 aliphatic rings. The predicted molar refractivity (Wildman–Crippen MR) is 70.4 cm³/mol. The van der Waals surface area contributed by atoms with Crippen molar-refractivity contribution in [2.45, 2.75) is 45.2 Å². The summed E-state index contributed by atoms with van der Waals surface area (Å²) in [6.45, 7) is 5.58. The summed E-state index contributed by atoms with van der Waals surface area (Å²) in [7, 11) is 2.26. The van der Waals surface area contributed by atoms with E-state index >= 15 is 0 Å². The summed E-state index contributed by atoms with van der Waals surface area (Å²) < 4.78 is 0. The molecule has 0 aromatic rings. The Labute approximate surface area is 99.0 Å². The Hall–Kier alpha value is 0.270. The number of rotatable bonds is 5. The Morgan fingerprint density at radius 3 is 2.47 bits per heavy atom. The molecule has 2 N–H and O–H groups in total. The molecule has 0 spiro atoms. The van der Waals surface area contributed by atoms with Crippen LogP contribution in [0.4, 0.5) is 0 Å². The van der Waals surface area contributed by atoms with Crippen LogP contribution in [0.25, 0.3) is 0 Å². The second-order valence-corrected chi connectivity index (χ2v) is 6.25. The van der Waals surface area contributed by atoms with Crippen molar-refractivity contribution in [1.82, 2.24) is 4.90 Å². The van der Waals surface area contributed by atoms with Crippen LogP contribution in [0, 0.1) is 5.92 Å². The first-order valence-electron chi connectivity index (χ1n) is 6.15. The SMILES string of the molecule is CC(C)C(N)CCN(C)C1CCSCC1. The highest BCUT2D eigenvalue weighted by Gasteiger charge is 2.18. The van der Waals surface area contributed by atoms with E-state index in [1.165, 1.54) is 24.3 Å². The van der Waals surface area contributed by atoms with Gasteiger partial charge in [-0.2, -0.15) is 11.8 Å². The molecule has 0 aromatic heterocycles. The van der Waals surface area contributed by atoms with Crippen molar-refractivity contribution in [3.63, 3.8) is 0 Å². The predicted octanol–water partition coefficient (Wildman–Crippen LogP) is 2.19. The van der Waals surface area contributed by atoms with Crippen LogP contribution in [-0.2, 0) is 0 Å². The van der Waals surface area contributed by atoms with E-state index < -0.39 is 0 Å². The Balaban J connectivity index is 2.19. The zero-order chi connectivity index (χ0) is 11.3. The molecule has 1 aliphatic heterocycles. The van der Waals surface area contributed by atoms with Crippen molar-refractivity contribution in [2.75, 3.05) is 25.1 Å². The van der Waals surface area contributed by atoms with Gasteiger partial charge in [0.2, 0.25) is 0 Å². The molecule has 1 heterocycles. The maximum atomic E-state index is 6.06. The van der Waals surface area contributed by atoms with Crippen LogP contribution in [-0.4, -0.2) is 42.1 Å². The third kappa shape index (κ3) is 4.75. The molecule has 2 nitrogen and oxygen atoms in total. The number of hydrogen-bond acceptors (Lipinski definition) is 3. The van der Waals surface area contributed by atoms with Crippen LogP contribution in [0.1, 0.15) is 33.1 Å². The highest BCUT2D eigenvalue weighted by molar-refractivity contribution is 7.99. The topological polar surface area (TPSA) is 29.3 Å². The summed E-state index contributed by atoms with van der Waals surface area (Å²) >= 11 is 2.09. The summed E-state index contributed by atoms with van der Waals surface area (Å²) in [5.74, 6) is 3.29. The summed E-state index contributed by atoms with van der Waals surface area (Å²) in [6, 6.07) is 1.18. The number of nitrogens with zero attached hydrogens (tertiary/aromatic N) is 1. The van der Waals surface area contributed by atoms with Gasteiger partial charge in [0.25, 0.3) is 0 Å². The summed E-state index contributed by atoms with van der Waals surface area (Å²) in [4.78, 5) is 2.52. The van der Waals surface area contributed by atoms with Gasteiger partial charge in [-0.3, -0.25) is 0 Å². The first-order chi connectivity index (χ1) is 7.11. The minimum Gasteiger partial charge on any atom is -0.327 e. The van der Waals surface area contributed by atoms with E-state index in [1.807, 2.05) is 0 Å². The highest BCUT2D eigenvalue weighted by atomic mass is 32.2. The molecule has 0 aromatic carbocycles. The number of thioether (sulfide) groups is 1. The van der Waals surface area contributed by atoms with Crippen LogP contribution in [0.3, 0.4) is 0 Å². The second kappa shape index (κ2) is 6.77. The van der Waals surface area contributed by atoms with Gasteiger partial charge < -0.3 is 10.6 Å². The zero-order valence-corrected chi connectivity index (χ0v) is 11.2. The Bertz CT molecular complexity index is 167. The zero-order valence-electron chi connectivity index (χ0n) is 10.4. The molecule has 90 valence electrons. The van der Waals surface area contributed by atoms with E-state index in [4.69, 9.17) is 5.73 Å². The van der Waals surface area contributed by atoms with Gasteiger partial charge in [-0.25, -0.2) is 0 Å². The number of nitrogens with two attached hydrogens (primary N) is 1. The average Bonchev–Trinajstić information content (AvgIpc) is 2.26. The molecule has 0 amide bonds. The van der Waals surface area contributed by atoms with Gasteiger partial charge in [-0.15, -0.1) is 0 Å². The number of hydrogen-bond donors (Lipinski definition) is 1. The van der Waals surface area contributed by atoms with Gasteiger partial charge in [-0.1, -0.05) is 13.8 Å². The minimum atomic E-state index is 0.366. The van der Waals surface area contributed by atoms with Crippen LogP contribution >= 0.6 is 11.8 Å². The quantitative estimate of drug-likeness (QED) is 0.785. The van der Waals surface area contributed by atoms with E-state index in [9.17, 15) is 0 Å². The largest absolute Gasteiger partial charge is 0.327 e. The molecule has 0 radical (unpaired) electrons. The third-order valence-corrected chi connectivity index (χ3v) is 4.53. The normalized spacial score (nSPS) is 21.2. The van der Waals surface area contributed by atoms with Crippen molar-refractivity contribution in [2.24, 2.45) is 11.7 Å². The van der Waals surface area contributed by atoms with Gasteiger partial charge in [0.05, 0.1) is 0 Å². The van der Waals surface area contributed by atoms with E-state index in [-0.39, 0.29) is 0 Å². The molecule has 1 atom stereocenters. The fourth-order valence-corrected chi connectivity index (χ4v) is 3.08. The summed E-state index contributed by atoms with van der Waals surface area (Å²) in [6.07, 6.45) is 3.86. The molecule has 3 heteroatoms. The Kier molecular flexibility index (Phi) is 6.02. The van der Waals surface area contributed by atoms with Crippen LogP contribution in [0.2, 0.25) is 0 Å². The second-order valence-electron chi connectivity index (χ2n) is 5.02. The minimum absolute atomic E-state index is 0.366. The Morgan fingerprint density at radius 2 is 1.93 bits per heavy atom. The van der Waals surface area contributed by atoms with Gasteiger partial charge >= 0.3 is 0 Å². The molecule has 1 saturated heterocycles. The molecule has 0 bridgehead atoms. The van der Waals surface area contributed by atoms with Gasteiger partial charge in [0.15, 0.2) is 0 Å². The summed E-state index contributed by atoms with van der Waals surface area (Å²) in [5.41, 5.74) is 6.06. The first-order valence-corrected chi connectivity index (χ1v) is 7.30. The molecule has 1 unspecified atom stereocenters. The lowest BCUT2D eigenvalue weighted by Gasteiger charge is -2.32. The lowest BCUT2D eigenvalue weighted by molar-refractivity contribution is 0.216. The molecule has 1 rings (SSSR count). The van der Waals surface area contributed by atoms with Crippen molar-refractivity contribution < 1.29 is 0 Å². The Morgan fingerprint density at radius 1 is 1.33 bits per heavy atom. The van der Waals surface area contributed by atoms with Crippen molar-refractivity contribution in [1.29, 1.82) is 0 Å². The van der Waals surface area contributed by atoms with Gasteiger partial charge in [-0.05, 0) is 50.3 Å². The van der Waals surface area contributed by atoms with Crippen LogP contribution < -0.4 is 5.73 Å². The first kappa shape index (κ1) is 13.3. The molecule has 0 saturated carbocycles. The maximum Gasteiger partial charge on any atom is 0.0108 e. The van der Waals surface area contributed by atoms with Crippen LogP contribution in [0.15, 0.2) is 0 Å². The lowest BCUT2D eigenvalue weighted by atomic mass is 10.0.